The number of aliphatic imine (C=N–C) groups is 1. The van der Waals surface area contributed by atoms with E-state index in [0.29, 0.717) is 5.56 Å². The van der Waals surface area contributed by atoms with Crippen molar-refractivity contribution < 1.29 is 22.7 Å². The van der Waals surface area contributed by atoms with Crippen LogP contribution in [0.1, 0.15) is 30.7 Å². The minimum absolute atomic E-state index is 0.169. The number of ether oxygens (including phenoxy) is 1. The lowest BCUT2D eigenvalue weighted by atomic mass is 9.75. The largest absolute Gasteiger partial charge is 0.573 e. The summed E-state index contributed by atoms with van der Waals surface area (Å²) in [5.41, 5.74) is 11.3. The number of hydrogen-bond acceptors (Lipinski definition) is 2. The minimum Gasteiger partial charge on any atom is -0.406 e. The number of carbonyl (C=O) groups excluding carboxylic acids is 1. The van der Waals surface area contributed by atoms with Gasteiger partial charge in [-0.2, -0.15) is 4.99 Å². The molecule has 0 aliphatic heterocycles. The molecule has 0 heterocycles. The third-order valence-corrected chi connectivity index (χ3v) is 4.92. The molecule has 3 rings (SSSR count). The van der Waals surface area contributed by atoms with E-state index in [0.717, 1.165) is 19.3 Å². The lowest BCUT2D eigenvalue weighted by Gasteiger charge is -2.29. The molecule has 130 valence electrons. The summed E-state index contributed by atoms with van der Waals surface area (Å²) in [6.45, 7) is 0. The Labute approximate surface area is 136 Å². The van der Waals surface area contributed by atoms with Crippen molar-refractivity contribution >= 4 is 11.9 Å². The van der Waals surface area contributed by atoms with E-state index in [1.165, 1.54) is 18.2 Å². The van der Waals surface area contributed by atoms with Crippen LogP contribution in [0.2, 0.25) is 0 Å². The van der Waals surface area contributed by atoms with Gasteiger partial charge in [-0.15, -0.1) is 13.2 Å². The van der Waals surface area contributed by atoms with Crippen LogP contribution in [0.15, 0.2) is 29.3 Å². The van der Waals surface area contributed by atoms with Crippen LogP contribution in [0.25, 0.3) is 0 Å². The predicted octanol–water partition coefficient (Wildman–Crippen LogP) is 2.51. The number of alkyl halides is 3. The average molecular weight is 341 g/mol. The standard InChI is InChI=1S/C16H18F3N3O2/c17-16(18,19)24-11-3-1-2-8(7-11)12-9-4-5-10(6-9)13(12)14(23)22-15(20)21/h1-3,7,9-10,12-13H,4-6H2,(H4,20,21,22,23)/t9?,10?,12-,13-/m1/s1. The number of nitrogens with two attached hydrogens (primary N) is 2. The lowest BCUT2D eigenvalue weighted by molar-refractivity contribution is -0.274. The van der Waals surface area contributed by atoms with Gasteiger partial charge in [-0.25, -0.2) is 0 Å². The molecule has 24 heavy (non-hydrogen) atoms. The molecule has 0 spiro atoms. The molecule has 2 aliphatic carbocycles. The second-order valence-corrected chi connectivity index (χ2v) is 6.38. The molecular formula is C16H18F3N3O2. The van der Waals surface area contributed by atoms with E-state index >= 15 is 0 Å². The van der Waals surface area contributed by atoms with Crippen LogP contribution in [-0.2, 0) is 4.79 Å². The maximum Gasteiger partial charge on any atom is 0.573 e. The second kappa shape index (κ2) is 5.99. The summed E-state index contributed by atoms with van der Waals surface area (Å²) < 4.78 is 41.3. The molecule has 8 heteroatoms. The van der Waals surface area contributed by atoms with Crippen LogP contribution in [0.5, 0.6) is 5.75 Å². The summed E-state index contributed by atoms with van der Waals surface area (Å²) in [4.78, 5) is 16.0. The molecule has 4 N–H and O–H groups in total. The molecule has 4 atom stereocenters. The highest BCUT2D eigenvalue weighted by atomic mass is 19.4. The molecule has 2 bridgehead atoms. The molecule has 0 saturated heterocycles. The van der Waals surface area contributed by atoms with E-state index in [2.05, 4.69) is 9.73 Å². The molecule has 5 nitrogen and oxygen atoms in total. The number of carbonyl (C=O) groups is 1. The predicted molar refractivity (Wildman–Crippen MR) is 81.0 cm³/mol. The van der Waals surface area contributed by atoms with E-state index in [1.807, 2.05) is 0 Å². The Kier molecular flexibility index (Phi) is 4.15. The number of hydrogen-bond donors (Lipinski definition) is 2. The highest BCUT2D eigenvalue weighted by Gasteiger charge is 2.51. The van der Waals surface area contributed by atoms with Gasteiger partial charge in [0.05, 0.1) is 5.92 Å². The molecule has 0 aromatic heterocycles. The Morgan fingerprint density at radius 3 is 2.58 bits per heavy atom. The maximum atomic E-state index is 12.4. The fraction of sp³-hybridized carbons (Fsp3) is 0.500. The Balaban J connectivity index is 1.90. The highest BCUT2D eigenvalue weighted by molar-refractivity contribution is 5.93. The molecule has 2 aliphatic rings. The lowest BCUT2D eigenvalue weighted by Crippen LogP contribution is -2.31. The molecule has 1 amide bonds. The Bertz CT molecular complexity index is 671. The summed E-state index contributed by atoms with van der Waals surface area (Å²) in [6, 6.07) is 5.83. The topological polar surface area (TPSA) is 90.7 Å². The number of halogens is 3. The van der Waals surface area contributed by atoms with Gasteiger partial charge in [0.15, 0.2) is 5.96 Å². The number of benzene rings is 1. The van der Waals surface area contributed by atoms with E-state index in [9.17, 15) is 18.0 Å². The monoisotopic (exact) mass is 341 g/mol. The molecule has 0 radical (unpaired) electrons. The van der Waals surface area contributed by atoms with E-state index in [1.54, 1.807) is 6.07 Å². The summed E-state index contributed by atoms with van der Waals surface area (Å²) in [7, 11) is 0. The van der Waals surface area contributed by atoms with Crippen molar-refractivity contribution in [3.63, 3.8) is 0 Å². The Hall–Kier alpha value is -2.25. The number of rotatable bonds is 3. The first-order valence-electron chi connectivity index (χ1n) is 7.74. The van der Waals surface area contributed by atoms with Gasteiger partial charge in [-0.05, 0) is 54.7 Å². The van der Waals surface area contributed by atoms with E-state index in [4.69, 9.17) is 11.5 Å². The van der Waals surface area contributed by atoms with Gasteiger partial charge in [-0.1, -0.05) is 12.1 Å². The van der Waals surface area contributed by atoms with Crippen LogP contribution < -0.4 is 16.2 Å². The van der Waals surface area contributed by atoms with Crippen molar-refractivity contribution in [2.45, 2.75) is 31.5 Å². The molecule has 1 aromatic rings. The quantitative estimate of drug-likeness (QED) is 0.653. The Morgan fingerprint density at radius 2 is 1.92 bits per heavy atom. The van der Waals surface area contributed by atoms with Gasteiger partial charge in [0.1, 0.15) is 5.75 Å². The third kappa shape index (κ3) is 3.32. The zero-order valence-corrected chi connectivity index (χ0v) is 12.8. The van der Waals surface area contributed by atoms with Crippen molar-refractivity contribution in [1.29, 1.82) is 0 Å². The number of guanidine groups is 1. The SMILES string of the molecule is NC(N)=NC(=O)[C@@H]1C2CCC(C2)[C@H]1c1cccc(OC(F)(F)F)c1. The highest BCUT2D eigenvalue weighted by Crippen LogP contribution is 2.57. The summed E-state index contributed by atoms with van der Waals surface area (Å²) in [6.07, 6.45) is -2.02. The smallest absolute Gasteiger partial charge is 0.406 e. The van der Waals surface area contributed by atoms with Crippen molar-refractivity contribution in [1.82, 2.24) is 0 Å². The fourth-order valence-corrected chi connectivity index (χ4v) is 4.25. The maximum absolute atomic E-state index is 12.4. The van der Waals surface area contributed by atoms with Crippen molar-refractivity contribution in [3.8, 4) is 5.75 Å². The molecule has 2 unspecified atom stereocenters. The van der Waals surface area contributed by atoms with Gasteiger partial charge in [0.25, 0.3) is 5.91 Å². The second-order valence-electron chi connectivity index (χ2n) is 6.38. The van der Waals surface area contributed by atoms with Crippen LogP contribution in [0.4, 0.5) is 13.2 Å². The average Bonchev–Trinajstić information content (AvgIpc) is 3.05. The summed E-state index contributed by atoms with van der Waals surface area (Å²) in [5.74, 6) is -1.13. The van der Waals surface area contributed by atoms with Gasteiger partial charge in [0, 0.05) is 0 Å². The first-order chi connectivity index (χ1) is 11.2. The molecule has 2 fully saturated rings. The van der Waals surface area contributed by atoms with Crippen molar-refractivity contribution in [2.24, 2.45) is 34.2 Å². The molecular weight excluding hydrogens is 323 g/mol. The Morgan fingerprint density at radius 1 is 1.21 bits per heavy atom. The third-order valence-electron chi connectivity index (χ3n) is 4.92. The fourth-order valence-electron chi connectivity index (χ4n) is 4.25. The zero-order valence-electron chi connectivity index (χ0n) is 12.8. The summed E-state index contributed by atoms with van der Waals surface area (Å²) in [5, 5.41) is 0. The van der Waals surface area contributed by atoms with Gasteiger partial charge in [0.2, 0.25) is 0 Å². The normalized spacial score (nSPS) is 28.6. The van der Waals surface area contributed by atoms with Crippen LogP contribution >= 0.6 is 0 Å². The number of nitrogens with zero attached hydrogens (tertiary/aromatic N) is 1. The summed E-state index contributed by atoms with van der Waals surface area (Å²) >= 11 is 0. The van der Waals surface area contributed by atoms with Crippen molar-refractivity contribution in [2.75, 3.05) is 0 Å². The van der Waals surface area contributed by atoms with E-state index < -0.39 is 18.2 Å². The molecule has 2 saturated carbocycles. The van der Waals surface area contributed by atoms with E-state index in [-0.39, 0.29) is 29.5 Å². The van der Waals surface area contributed by atoms with Crippen LogP contribution in [0.3, 0.4) is 0 Å². The van der Waals surface area contributed by atoms with Gasteiger partial charge >= 0.3 is 6.36 Å². The first-order valence-corrected chi connectivity index (χ1v) is 7.74. The minimum atomic E-state index is -4.75. The van der Waals surface area contributed by atoms with Crippen molar-refractivity contribution in [3.05, 3.63) is 29.8 Å². The zero-order chi connectivity index (χ0) is 17.5. The number of fused-ring (bicyclic) bond motifs is 2. The van der Waals surface area contributed by atoms with Gasteiger partial charge in [-0.3, -0.25) is 4.79 Å². The van der Waals surface area contributed by atoms with Crippen LogP contribution in [-0.4, -0.2) is 18.2 Å². The van der Waals surface area contributed by atoms with Gasteiger partial charge < -0.3 is 16.2 Å². The number of amides is 1. The molecule has 1 aromatic carbocycles. The van der Waals surface area contributed by atoms with Crippen LogP contribution in [0, 0.1) is 17.8 Å². The first kappa shape index (κ1) is 16.6.